The molecular formula is C7H7BrN4O2S2. The number of rotatable bonds is 3. The number of nitrogens with zero attached hydrogens (tertiary/aromatic N) is 2. The molecule has 9 heteroatoms. The lowest BCUT2D eigenvalue weighted by molar-refractivity contribution is 0.600. The maximum atomic E-state index is 11.9. The first-order valence-corrected chi connectivity index (χ1v) is 7.22. The molecular weight excluding hydrogens is 316 g/mol. The number of H-pyrrole nitrogens is 1. The van der Waals surface area contributed by atoms with Gasteiger partial charge in [0, 0.05) is 0 Å². The van der Waals surface area contributed by atoms with Crippen molar-refractivity contribution >= 4 is 42.4 Å². The van der Waals surface area contributed by atoms with Crippen LogP contribution in [0.4, 0.5) is 5.13 Å². The topological polar surface area (TPSA) is 87.7 Å². The molecule has 86 valence electrons. The highest BCUT2D eigenvalue weighted by molar-refractivity contribution is 9.11. The molecule has 0 fully saturated rings. The van der Waals surface area contributed by atoms with Gasteiger partial charge in [-0.05, 0) is 22.9 Å². The highest BCUT2D eigenvalue weighted by Gasteiger charge is 2.19. The van der Waals surface area contributed by atoms with E-state index in [-0.39, 0.29) is 4.90 Å². The number of anilines is 1. The molecule has 2 heterocycles. The van der Waals surface area contributed by atoms with Crippen LogP contribution in [-0.4, -0.2) is 23.6 Å². The number of thiazole rings is 1. The smallest absolute Gasteiger partial charge is 0.267 e. The molecule has 6 nitrogen and oxygen atoms in total. The van der Waals surface area contributed by atoms with E-state index in [1.54, 1.807) is 6.92 Å². The SMILES string of the molecule is Cc1[nH]ncc1S(=O)(=O)Nc1ncc(Br)s1. The van der Waals surface area contributed by atoms with Gasteiger partial charge in [0.15, 0.2) is 5.13 Å². The van der Waals surface area contributed by atoms with Gasteiger partial charge in [-0.25, -0.2) is 13.4 Å². The van der Waals surface area contributed by atoms with Gasteiger partial charge in [-0.1, -0.05) is 11.3 Å². The van der Waals surface area contributed by atoms with Crippen molar-refractivity contribution in [3.63, 3.8) is 0 Å². The van der Waals surface area contributed by atoms with Crippen LogP contribution in [0.2, 0.25) is 0 Å². The van der Waals surface area contributed by atoms with Crippen molar-refractivity contribution in [1.82, 2.24) is 15.2 Å². The van der Waals surface area contributed by atoms with Crippen molar-refractivity contribution in [1.29, 1.82) is 0 Å². The molecule has 0 spiro atoms. The van der Waals surface area contributed by atoms with Gasteiger partial charge in [0.25, 0.3) is 10.0 Å². The Labute approximate surface area is 104 Å². The van der Waals surface area contributed by atoms with Crippen LogP contribution in [0, 0.1) is 6.92 Å². The predicted molar refractivity (Wildman–Crippen MR) is 63.9 cm³/mol. The zero-order valence-corrected chi connectivity index (χ0v) is 11.3. The van der Waals surface area contributed by atoms with Crippen molar-refractivity contribution in [2.24, 2.45) is 0 Å². The van der Waals surface area contributed by atoms with E-state index in [9.17, 15) is 8.42 Å². The van der Waals surface area contributed by atoms with Gasteiger partial charge in [-0.2, -0.15) is 5.10 Å². The number of sulfonamides is 1. The standard InChI is InChI=1S/C7H7BrN4O2S2/c1-4-5(2-10-11-4)16(13,14)12-7-9-3-6(8)15-7/h2-3H,1H3,(H,9,12)(H,10,11). The summed E-state index contributed by atoms with van der Waals surface area (Å²) in [5.41, 5.74) is 0.489. The van der Waals surface area contributed by atoms with E-state index in [1.165, 1.54) is 23.7 Å². The second-order valence-corrected chi connectivity index (χ2v) is 6.99. The lowest BCUT2D eigenvalue weighted by Gasteiger charge is -2.02. The number of nitrogens with one attached hydrogen (secondary N) is 2. The normalized spacial score (nSPS) is 11.6. The highest BCUT2D eigenvalue weighted by Crippen LogP contribution is 2.25. The summed E-state index contributed by atoms with van der Waals surface area (Å²) in [6.07, 6.45) is 2.80. The third-order valence-corrected chi connectivity index (χ3v) is 4.75. The number of hydrogen-bond donors (Lipinski definition) is 2. The van der Waals surface area contributed by atoms with E-state index >= 15 is 0 Å². The zero-order valence-electron chi connectivity index (χ0n) is 8.06. The molecule has 16 heavy (non-hydrogen) atoms. The van der Waals surface area contributed by atoms with Crippen LogP contribution in [0.3, 0.4) is 0 Å². The largest absolute Gasteiger partial charge is 0.281 e. The van der Waals surface area contributed by atoms with Crippen LogP contribution in [0.15, 0.2) is 21.1 Å². The van der Waals surface area contributed by atoms with E-state index in [2.05, 4.69) is 35.8 Å². The number of aromatic amines is 1. The summed E-state index contributed by atoms with van der Waals surface area (Å²) < 4.78 is 26.9. The molecule has 0 saturated carbocycles. The van der Waals surface area contributed by atoms with Gasteiger partial charge >= 0.3 is 0 Å². The Morgan fingerprint density at radius 2 is 2.25 bits per heavy atom. The Hall–Kier alpha value is -0.930. The summed E-state index contributed by atoms with van der Waals surface area (Å²) in [7, 11) is -3.60. The van der Waals surface area contributed by atoms with Gasteiger partial charge in [0.1, 0.15) is 4.90 Å². The average molecular weight is 323 g/mol. The third-order valence-electron chi connectivity index (χ3n) is 1.77. The molecule has 2 aromatic heterocycles. The molecule has 0 bridgehead atoms. The molecule has 0 aliphatic carbocycles. The number of halogens is 1. The van der Waals surface area contributed by atoms with E-state index in [1.807, 2.05) is 0 Å². The van der Waals surface area contributed by atoms with Crippen molar-refractivity contribution in [3.05, 3.63) is 21.9 Å². The lowest BCUT2D eigenvalue weighted by Crippen LogP contribution is -2.13. The van der Waals surface area contributed by atoms with E-state index in [0.29, 0.717) is 10.8 Å². The van der Waals surface area contributed by atoms with Crippen LogP contribution >= 0.6 is 27.3 Å². The summed E-state index contributed by atoms with van der Waals surface area (Å²) in [5, 5.41) is 6.55. The molecule has 0 radical (unpaired) electrons. The first-order chi connectivity index (χ1) is 7.49. The maximum Gasteiger partial charge on any atom is 0.267 e. The first-order valence-electron chi connectivity index (χ1n) is 4.13. The highest BCUT2D eigenvalue weighted by atomic mass is 79.9. The lowest BCUT2D eigenvalue weighted by atomic mass is 10.5. The van der Waals surface area contributed by atoms with Crippen LogP contribution < -0.4 is 4.72 Å². The third kappa shape index (κ3) is 2.25. The second kappa shape index (κ2) is 4.15. The number of aromatic nitrogens is 3. The average Bonchev–Trinajstić information content (AvgIpc) is 2.74. The molecule has 0 saturated heterocycles. The molecule has 0 aliphatic rings. The van der Waals surface area contributed by atoms with E-state index in [4.69, 9.17) is 0 Å². The van der Waals surface area contributed by atoms with Crippen LogP contribution in [0.25, 0.3) is 0 Å². The Balaban J connectivity index is 2.31. The van der Waals surface area contributed by atoms with E-state index < -0.39 is 10.0 Å². The molecule has 0 unspecified atom stereocenters. The Morgan fingerprint density at radius 1 is 1.50 bits per heavy atom. The molecule has 0 atom stereocenters. The second-order valence-electron chi connectivity index (χ2n) is 2.93. The predicted octanol–water partition coefficient (Wildman–Crippen LogP) is 1.74. The number of hydrogen-bond acceptors (Lipinski definition) is 5. The van der Waals surface area contributed by atoms with Crippen molar-refractivity contribution in [2.45, 2.75) is 11.8 Å². The van der Waals surface area contributed by atoms with Crippen molar-refractivity contribution < 1.29 is 8.42 Å². The molecule has 2 rings (SSSR count). The van der Waals surface area contributed by atoms with Gasteiger partial charge in [0.05, 0.1) is 21.9 Å². The fraction of sp³-hybridized carbons (Fsp3) is 0.143. The molecule has 2 N–H and O–H groups in total. The Bertz CT molecular complexity index is 603. The summed E-state index contributed by atoms with van der Waals surface area (Å²) >= 11 is 4.41. The number of aryl methyl sites for hydroxylation is 1. The van der Waals surface area contributed by atoms with Crippen LogP contribution in [0.5, 0.6) is 0 Å². The minimum atomic E-state index is -3.60. The maximum absolute atomic E-state index is 11.9. The van der Waals surface area contributed by atoms with Gasteiger partial charge in [0.2, 0.25) is 0 Å². The molecule has 2 aromatic rings. The van der Waals surface area contributed by atoms with Crippen molar-refractivity contribution in [3.8, 4) is 0 Å². The van der Waals surface area contributed by atoms with Gasteiger partial charge in [-0.3, -0.25) is 9.82 Å². The molecule has 0 aromatic carbocycles. The Morgan fingerprint density at radius 3 is 2.75 bits per heavy atom. The molecule has 0 aliphatic heterocycles. The minimum Gasteiger partial charge on any atom is -0.281 e. The monoisotopic (exact) mass is 322 g/mol. The van der Waals surface area contributed by atoms with E-state index in [0.717, 1.165) is 3.79 Å². The minimum absolute atomic E-state index is 0.124. The summed E-state index contributed by atoms with van der Waals surface area (Å²) in [6.45, 7) is 1.64. The van der Waals surface area contributed by atoms with Gasteiger partial charge < -0.3 is 0 Å². The summed E-state index contributed by atoms with van der Waals surface area (Å²) in [4.78, 5) is 4.02. The Kier molecular flexibility index (Phi) is 3.00. The quantitative estimate of drug-likeness (QED) is 0.900. The fourth-order valence-electron chi connectivity index (χ4n) is 1.08. The van der Waals surface area contributed by atoms with Crippen molar-refractivity contribution in [2.75, 3.05) is 4.72 Å². The zero-order chi connectivity index (χ0) is 11.8. The summed E-state index contributed by atoms with van der Waals surface area (Å²) in [5.74, 6) is 0. The first kappa shape index (κ1) is 11.6. The fourth-order valence-corrected chi connectivity index (χ4v) is 3.57. The summed E-state index contributed by atoms with van der Waals surface area (Å²) in [6, 6.07) is 0. The van der Waals surface area contributed by atoms with Crippen LogP contribution in [-0.2, 0) is 10.0 Å². The van der Waals surface area contributed by atoms with Gasteiger partial charge in [-0.15, -0.1) is 0 Å². The molecule has 0 amide bonds. The van der Waals surface area contributed by atoms with Crippen LogP contribution in [0.1, 0.15) is 5.69 Å².